The van der Waals surface area contributed by atoms with E-state index in [1.54, 1.807) is 7.11 Å². The van der Waals surface area contributed by atoms with E-state index in [2.05, 4.69) is 29.1 Å². The monoisotopic (exact) mass is 397 g/mol. The molecule has 20 heavy (non-hydrogen) atoms. The van der Waals surface area contributed by atoms with Gasteiger partial charge in [0, 0.05) is 40.4 Å². The maximum absolute atomic E-state index is 5.07. The van der Waals surface area contributed by atoms with Gasteiger partial charge in [0.1, 0.15) is 0 Å². The maximum atomic E-state index is 5.07. The van der Waals surface area contributed by atoms with Crippen LogP contribution in [0.2, 0.25) is 0 Å². The van der Waals surface area contributed by atoms with Gasteiger partial charge < -0.3 is 15.0 Å². The first-order chi connectivity index (χ1) is 9.15. The van der Waals surface area contributed by atoms with E-state index >= 15 is 0 Å². The Morgan fingerprint density at radius 3 is 2.80 bits per heavy atom. The predicted octanol–water partition coefficient (Wildman–Crippen LogP) is 3.12. The van der Waals surface area contributed by atoms with Crippen LogP contribution in [0.1, 0.15) is 46.0 Å². The number of nitrogens with zero attached hydrogens (tertiary/aromatic N) is 2. The molecule has 5 heteroatoms. The molecule has 1 fully saturated rings. The molecule has 0 spiro atoms. The third-order valence-corrected chi connectivity index (χ3v) is 3.95. The third kappa shape index (κ3) is 6.61. The van der Waals surface area contributed by atoms with Crippen LogP contribution in [0, 0.1) is 5.41 Å². The summed E-state index contributed by atoms with van der Waals surface area (Å²) in [7, 11) is 3.63. The molecule has 0 bridgehead atoms. The lowest BCUT2D eigenvalue weighted by atomic mass is 9.78. The minimum absolute atomic E-state index is 0. The number of aliphatic imine (C=N–C) groups is 1. The zero-order valence-corrected chi connectivity index (χ0v) is 15.9. The first-order valence-corrected chi connectivity index (χ1v) is 7.60. The molecular weight excluding hydrogens is 365 g/mol. The largest absolute Gasteiger partial charge is 0.385 e. The summed E-state index contributed by atoms with van der Waals surface area (Å²) in [5.41, 5.74) is 0.456. The van der Waals surface area contributed by atoms with Crippen molar-refractivity contribution in [3.05, 3.63) is 0 Å². The number of likely N-dealkylation sites (tertiary alicyclic amines) is 1. The summed E-state index contributed by atoms with van der Waals surface area (Å²) in [6, 6.07) is 0. The highest BCUT2D eigenvalue weighted by Gasteiger charge is 2.31. The van der Waals surface area contributed by atoms with Crippen molar-refractivity contribution in [2.75, 3.05) is 40.4 Å². The standard InChI is InChI=1S/C15H31N3O.HI/c1-5-8-15(2)9-6-11-18(13-15)14(16-3)17-10-7-12-19-4;/h5-13H2,1-4H3,(H,16,17);1H. The molecular formula is C15H32IN3O. The Bertz CT molecular complexity index is 282. The number of guanidine groups is 1. The van der Waals surface area contributed by atoms with Crippen molar-refractivity contribution < 1.29 is 4.74 Å². The topological polar surface area (TPSA) is 36.9 Å². The van der Waals surface area contributed by atoms with Crippen molar-refractivity contribution >= 4 is 29.9 Å². The fourth-order valence-corrected chi connectivity index (χ4v) is 3.05. The van der Waals surface area contributed by atoms with Crippen molar-refractivity contribution in [1.29, 1.82) is 0 Å². The van der Waals surface area contributed by atoms with Gasteiger partial charge in [-0.1, -0.05) is 20.3 Å². The van der Waals surface area contributed by atoms with E-state index in [0.717, 1.165) is 38.6 Å². The smallest absolute Gasteiger partial charge is 0.193 e. The number of nitrogens with one attached hydrogen (secondary N) is 1. The van der Waals surface area contributed by atoms with E-state index in [-0.39, 0.29) is 24.0 Å². The van der Waals surface area contributed by atoms with Crippen LogP contribution in [0.5, 0.6) is 0 Å². The average Bonchev–Trinajstić information content (AvgIpc) is 2.39. The number of rotatable bonds is 6. The first-order valence-electron chi connectivity index (χ1n) is 7.60. The molecule has 1 N–H and O–H groups in total. The summed E-state index contributed by atoms with van der Waals surface area (Å²) in [6.07, 6.45) is 6.22. The molecule has 0 aromatic heterocycles. The van der Waals surface area contributed by atoms with E-state index < -0.39 is 0 Å². The van der Waals surface area contributed by atoms with Crippen molar-refractivity contribution in [2.45, 2.75) is 46.0 Å². The summed E-state index contributed by atoms with van der Waals surface area (Å²) >= 11 is 0. The molecule has 1 unspecified atom stereocenters. The third-order valence-electron chi connectivity index (χ3n) is 3.95. The normalized spacial score (nSPS) is 23.4. The van der Waals surface area contributed by atoms with Crippen molar-refractivity contribution in [3.63, 3.8) is 0 Å². The second-order valence-electron chi connectivity index (χ2n) is 5.91. The van der Waals surface area contributed by atoms with Crippen LogP contribution < -0.4 is 5.32 Å². The van der Waals surface area contributed by atoms with E-state index in [9.17, 15) is 0 Å². The molecule has 0 amide bonds. The molecule has 1 heterocycles. The number of methoxy groups -OCH3 is 1. The Balaban J connectivity index is 0.00000361. The molecule has 0 radical (unpaired) electrons. The first kappa shape index (κ1) is 20.0. The predicted molar refractivity (Wildman–Crippen MR) is 97.1 cm³/mol. The molecule has 4 nitrogen and oxygen atoms in total. The molecule has 1 atom stereocenters. The highest BCUT2D eigenvalue weighted by Crippen LogP contribution is 2.33. The lowest BCUT2D eigenvalue weighted by Crippen LogP contribution is -2.50. The van der Waals surface area contributed by atoms with Crippen molar-refractivity contribution in [2.24, 2.45) is 10.4 Å². The van der Waals surface area contributed by atoms with Gasteiger partial charge in [0.15, 0.2) is 5.96 Å². The summed E-state index contributed by atoms with van der Waals surface area (Å²) in [4.78, 5) is 6.85. The van der Waals surface area contributed by atoms with Gasteiger partial charge in [0.2, 0.25) is 0 Å². The Hall–Kier alpha value is -0.0400. The van der Waals surface area contributed by atoms with Crippen LogP contribution in [0.4, 0.5) is 0 Å². The molecule has 0 aliphatic carbocycles. The molecule has 1 aliphatic rings. The van der Waals surface area contributed by atoms with E-state index in [0.29, 0.717) is 5.41 Å². The SMILES string of the molecule is CCCC1(C)CCCN(C(=NC)NCCCOC)C1.I. The van der Waals surface area contributed by atoms with E-state index in [4.69, 9.17) is 4.74 Å². The van der Waals surface area contributed by atoms with Gasteiger partial charge in [0.25, 0.3) is 0 Å². The van der Waals surface area contributed by atoms with Crippen LogP contribution in [0.15, 0.2) is 4.99 Å². The fourth-order valence-electron chi connectivity index (χ4n) is 3.05. The summed E-state index contributed by atoms with van der Waals surface area (Å²) in [6.45, 7) is 8.69. The number of halogens is 1. The average molecular weight is 397 g/mol. The van der Waals surface area contributed by atoms with E-state index in [1.165, 1.54) is 25.7 Å². The lowest BCUT2D eigenvalue weighted by Gasteiger charge is -2.42. The van der Waals surface area contributed by atoms with Gasteiger partial charge in [-0.05, 0) is 31.1 Å². The Morgan fingerprint density at radius 2 is 2.20 bits per heavy atom. The fraction of sp³-hybridized carbons (Fsp3) is 0.933. The number of hydrogen-bond acceptors (Lipinski definition) is 2. The highest BCUT2D eigenvalue weighted by molar-refractivity contribution is 14.0. The molecule has 120 valence electrons. The zero-order valence-electron chi connectivity index (χ0n) is 13.6. The Labute approximate surface area is 141 Å². The minimum atomic E-state index is 0. The van der Waals surface area contributed by atoms with Crippen molar-refractivity contribution in [3.8, 4) is 0 Å². The van der Waals surface area contributed by atoms with Crippen molar-refractivity contribution in [1.82, 2.24) is 10.2 Å². The van der Waals surface area contributed by atoms with Gasteiger partial charge in [-0.2, -0.15) is 0 Å². The molecule has 0 aromatic rings. The number of hydrogen-bond donors (Lipinski definition) is 1. The Kier molecular flexibility index (Phi) is 10.6. The van der Waals surface area contributed by atoms with Crippen LogP contribution >= 0.6 is 24.0 Å². The molecule has 1 aliphatic heterocycles. The number of ether oxygens (including phenoxy) is 1. The molecule has 1 rings (SSSR count). The van der Waals surface area contributed by atoms with Crippen LogP contribution in [0.3, 0.4) is 0 Å². The van der Waals surface area contributed by atoms with Gasteiger partial charge in [-0.3, -0.25) is 4.99 Å². The molecule has 0 aromatic carbocycles. The highest BCUT2D eigenvalue weighted by atomic mass is 127. The van der Waals surface area contributed by atoms with Gasteiger partial charge >= 0.3 is 0 Å². The number of piperidine rings is 1. The summed E-state index contributed by atoms with van der Waals surface area (Å²) in [5, 5.41) is 3.45. The van der Waals surface area contributed by atoms with Crippen LogP contribution in [0.25, 0.3) is 0 Å². The zero-order chi connectivity index (χ0) is 14.1. The summed E-state index contributed by atoms with van der Waals surface area (Å²) < 4.78 is 5.07. The second-order valence-corrected chi connectivity index (χ2v) is 5.91. The van der Waals surface area contributed by atoms with E-state index in [1.807, 2.05) is 7.05 Å². The quantitative estimate of drug-likeness (QED) is 0.324. The molecule has 1 saturated heterocycles. The summed E-state index contributed by atoms with van der Waals surface area (Å²) in [5.74, 6) is 1.05. The van der Waals surface area contributed by atoms with Gasteiger partial charge in [-0.15, -0.1) is 24.0 Å². The van der Waals surface area contributed by atoms with Crippen LogP contribution in [-0.4, -0.2) is 51.3 Å². The second kappa shape index (κ2) is 10.7. The minimum Gasteiger partial charge on any atom is -0.385 e. The van der Waals surface area contributed by atoms with Crippen LogP contribution in [-0.2, 0) is 4.74 Å². The lowest BCUT2D eigenvalue weighted by molar-refractivity contribution is 0.142. The van der Waals surface area contributed by atoms with Gasteiger partial charge in [0.05, 0.1) is 0 Å². The Morgan fingerprint density at radius 1 is 1.45 bits per heavy atom. The maximum Gasteiger partial charge on any atom is 0.193 e. The molecule has 0 saturated carbocycles. The van der Waals surface area contributed by atoms with Gasteiger partial charge in [-0.25, -0.2) is 0 Å².